The molecule has 4 heteroatoms. The Morgan fingerprint density at radius 3 is 1.78 bits per heavy atom. The van der Waals surface area contributed by atoms with E-state index in [1.54, 1.807) is 0 Å². The lowest BCUT2D eigenvalue weighted by atomic mass is 9.86. The zero-order valence-electron chi connectivity index (χ0n) is 15.8. The van der Waals surface area contributed by atoms with Gasteiger partial charge in [-0.2, -0.15) is 0 Å². The van der Waals surface area contributed by atoms with E-state index < -0.39 is 11.5 Å². The van der Waals surface area contributed by atoms with Gasteiger partial charge in [-0.1, -0.05) is 86.3 Å². The van der Waals surface area contributed by atoms with Crippen molar-refractivity contribution in [3.05, 3.63) is 71.8 Å². The molecule has 1 aliphatic carbocycles. The van der Waals surface area contributed by atoms with Crippen LogP contribution in [0.4, 0.5) is 0 Å². The van der Waals surface area contributed by atoms with Crippen molar-refractivity contribution < 1.29 is 14.3 Å². The van der Waals surface area contributed by atoms with Gasteiger partial charge >= 0.3 is 5.97 Å². The predicted octanol–water partition coefficient (Wildman–Crippen LogP) is 4.20. The fourth-order valence-corrected chi connectivity index (χ4v) is 4.00. The molecule has 3 rings (SSSR count). The van der Waals surface area contributed by atoms with E-state index in [1.165, 1.54) is 7.11 Å². The fraction of sp³-hybridized carbons (Fsp3) is 0.391. The van der Waals surface area contributed by atoms with Gasteiger partial charge < -0.3 is 10.1 Å². The molecule has 0 unspecified atom stereocenters. The van der Waals surface area contributed by atoms with Crippen LogP contribution in [0.2, 0.25) is 0 Å². The molecule has 1 amide bonds. The number of hydrogen-bond acceptors (Lipinski definition) is 3. The molecule has 1 fully saturated rings. The van der Waals surface area contributed by atoms with E-state index in [1.807, 2.05) is 60.7 Å². The summed E-state index contributed by atoms with van der Waals surface area (Å²) < 4.78 is 5.09. The van der Waals surface area contributed by atoms with Gasteiger partial charge in [0, 0.05) is 0 Å². The van der Waals surface area contributed by atoms with E-state index in [4.69, 9.17) is 4.74 Å². The van der Waals surface area contributed by atoms with Gasteiger partial charge in [0.05, 0.1) is 13.0 Å². The topological polar surface area (TPSA) is 55.4 Å². The van der Waals surface area contributed by atoms with Crippen molar-refractivity contribution in [3.63, 3.8) is 0 Å². The average Bonchev–Trinajstić information content (AvgIpc) is 2.95. The Morgan fingerprint density at radius 1 is 0.852 bits per heavy atom. The molecule has 0 aliphatic heterocycles. The summed E-state index contributed by atoms with van der Waals surface area (Å²) in [5.74, 6) is -0.950. The van der Waals surface area contributed by atoms with Gasteiger partial charge in [-0.3, -0.25) is 4.79 Å². The van der Waals surface area contributed by atoms with Gasteiger partial charge in [-0.15, -0.1) is 0 Å². The van der Waals surface area contributed by atoms with Gasteiger partial charge in [-0.25, -0.2) is 4.79 Å². The number of rotatable bonds is 5. The van der Waals surface area contributed by atoms with Crippen LogP contribution in [0.3, 0.4) is 0 Å². The van der Waals surface area contributed by atoms with Crippen LogP contribution in [0, 0.1) is 0 Å². The molecule has 27 heavy (non-hydrogen) atoms. The highest BCUT2D eigenvalue weighted by Crippen LogP contribution is 2.31. The summed E-state index contributed by atoms with van der Waals surface area (Å²) >= 11 is 0. The number of esters is 1. The second-order valence-corrected chi connectivity index (χ2v) is 7.23. The first-order chi connectivity index (χ1) is 13.2. The summed E-state index contributed by atoms with van der Waals surface area (Å²) in [5.41, 5.74) is 0.897. The molecule has 142 valence electrons. The first-order valence-corrected chi connectivity index (χ1v) is 9.67. The predicted molar refractivity (Wildman–Crippen MR) is 105 cm³/mol. The van der Waals surface area contributed by atoms with Crippen LogP contribution in [0.1, 0.15) is 55.6 Å². The number of nitrogens with one attached hydrogen (secondary N) is 1. The Bertz CT molecular complexity index is 710. The van der Waals surface area contributed by atoms with Crippen LogP contribution in [-0.2, 0) is 14.3 Å². The minimum absolute atomic E-state index is 0.153. The van der Waals surface area contributed by atoms with Crippen molar-refractivity contribution in [1.29, 1.82) is 0 Å². The molecular formula is C23H27NO3. The van der Waals surface area contributed by atoms with E-state index in [0.717, 1.165) is 36.8 Å². The fourth-order valence-electron chi connectivity index (χ4n) is 4.00. The Morgan fingerprint density at radius 2 is 1.33 bits per heavy atom. The van der Waals surface area contributed by atoms with Gasteiger partial charge in [-0.05, 0) is 24.0 Å². The van der Waals surface area contributed by atoms with Crippen molar-refractivity contribution in [2.24, 2.45) is 0 Å². The zero-order valence-corrected chi connectivity index (χ0v) is 15.8. The van der Waals surface area contributed by atoms with E-state index in [2.05, 4.69) is 5.32 Å². The third-order valence-corrected chi connectivity index (χ3v) is 5.42. The van der Waals surface area contributed by atoms with Crippen LogP contribution >= 0.6 is 0 Å². The Balaban J connectivity index is 1.94. The molecule has 1 N–H and O–H groups in total. The summed E-state index contributed by atoms with van der Waals surface area (Å²) in [6.07, 6.45) is 5.24. The van der Waals surface area contributed by atoms with Crippen molar-refractivity contribution in [2.45, 2.75) is 50.0 Å². The number of carbonyl (C=O) groups excluding carboxylic acids is 2. The zero-order chi connectivity index (χ0) is 19.1. The first kappa shape index (κ1) is 19.2. The number of benzene rings is 2. The molecule has 1 aliphatic rings. The summed E-state index contributed by atoms with van der Waals surface area (Å²) in [6.45, 7) is 0. The highest BCUT2D eigenvalue weighted by atomic mass is 16.5. The largest absolute Gasteiger partial charge is 0.467 e. The molecule has 0 spiro atoms. The van der Waals surface area contributed by atoms with Gasteiger partial charge in [0.25, 0.3) is 0 Å². The Labute approximate surface area is 160 Å². The number of carbonyl (C=O) groups is 2. The maximum absolute atomic E-state index is 13.4. The first-order valence-electron chi connectivity index (χ1n) is 9.67. The monoisotopic (exact) mass is 365 g/mol. The quantitative estimate of drug-likeness (QED) is 0.638. The molecule has 0 radical (unpaired) electrons. The van der Waals surface area contributed by atoms with E-state index >= 15 is 0 Å². The normalized spacial score (nSPS) is 16.4. The summed E-state index contributed by atoms with van der Waals surface area (Å²) in [7, 11) is 1.40. The van der Waals surface area contributed by atoms with Crippen LogP contribution in [0.5, 0.6) is 0 Å². The minimum atomic E-state index is -0.926. The van der Waals surface area contributed by atoms with Crippen LogP contribution in [0.25, 0.3) is 0 Å². The molecule has 0 aromatic heterocycles. The molecule has 1 saturated carbocycles. The maximum atomic E-state index is 13.4. The molecule has 0 heterocycles. The highest BCUT2D eigenvalue weighted by Gasteiger charge is 2.42. The maximum Gasteiger partial charge on any atom is 0.331 e. The van der Waals surface area contributed by atoms with Crippen molar-refractivity contribution in [2.75, 3.05) is 7.11 Å². The lowest BCUT2D eigenvalue weighted by Gasteiger charge is -2.32. The van der Waals surface area contributed by atoms with Gasteiger partial charge in [0.15, 0.2) is 0 Å². The Hall–Kier alpha value is -2.62. The molecule has 0 atom stereocenters. The number of hydrogen-bond donors (Lipinski definition) is 1. The third kappa shape index (κ3) is 4.38. The second kappa shape index (κ2) is 8.85. The molecule has 0 saturated heterocycles. The number of ether oxygens (including phenoxy) is 1. The van der Waals surface area contributed by atoms with Crippen LogP contribution in [-0.4, -0.2) is 24.5 Å². The van der Waals surface area contributed by atoms with E-state index in [-0.39, 0.29) is 11.9 Å². The SMILES string of the molecule is COC(=O)C1(NC(=O)C(c2ccccc2)c2ccccc2)CCCCCC1. The van der Waals surface area contributed by atoms with Gasteiger partial charge in [0.1, 0.15) is 5.54 Å². The van der Waals surface area contributed by atoms with Crippen LogP contribution < -0.4 is 5.32 Å². The molecule has 2 aromatic carbocycles. The van der Waals surface area contributed by atoms with Crippen molar-refractivity contribution in [3.8, 4) is 0 Å². The van der Waals surface area contributed by atoms with Crippen LogP contribution in [0.15, 0.2) is 60.7 Å². The van der Waals surface area contributed by atoms with E-state index in [9.17, 15) is 9.59 Å². The third-order valence-electron chi connectivity index (χ3n) is 5.42. The molecule has 2 aromatic rings. The number of amides is 1. The number of methoxy groups -OCH3 is 1. The summed E-state index contributed by atoms with van der Waals surface area (Å²) in [5, 5.41) is 3.11. The molecular weight excluding hydrogens is 338 g/mol. The van der Waals surface area contributed by atoms with E-state index in [0.29, 0.717) is 12.8 Å². The standard InChI is InChI=1S/C23H27NO3/c1-27-22(26)23(16-10-2-3-11-17-23)24-21(25)20(18-12-6-4-7-13-18)19-14-8-5-9-15-19/h4-9,12-15,20H,2-3,10-11,16-17H2,1H3,(H,24,25). The average molecular weight is 365 g/mol. The molecule has 4 nitrogen and oxygen atoms in total. The lowest BCUT2D eigenvalue weighted by Crippen LogP contribution is -2.56. The second-order valence-electron chi connectivity index (χ2n) is 7.23. The highest BCUT2D eigenvalue weighted by molar-refractivity contribution is 5.93. The Kier molecular flexibility index (Phi) is 6.28. The minimum Gasteiger partial charge on any atom is -0.467 e. The smallest absolute Gasteiger partial charge is 0.331 e. The molecule has 0 bridgehead atoms. The summed E-state index contributed by atoms with van der Waals surface area (Å²) in [4.78, 5) is 26.1. The van der Waals surface area contributed by atoms with Gasteiger partial charge in [0.2, 0.25) is 5.91 Å². The summed E-state index contributed by atoms with van der Waals surface area (Å²) in [6, 6.07) is 19.4. The lowest BCUT2D eigenvalue weighted by molar-refractivity contribution is -0.151. The van der Waals surface area contributed by atoms with Crippen molar-refractivity contribution in [1.82, 2.24) is 5.32 Å². The van der Waals surface area contributed by atoms with Crippen molar-refractivity contribution >= 4 is 11.9 Å².